The van der Waals surface area contributed by atoms with Gasteiger partial charge in [0.1, 0.15) is 29.2 Å². The fourth-order valence-electron chi connectivity index (χ4n) is 4.41. The van der Waals surface area contributed by atoms with Gasteiger partial charge in [0.15, 0.2) is 9.84 Å². The first kappa shape index (κ1) is 30.7. The molecule has 14 heteroatoms. The summed E-state index contributed by atoms with van der Waals surface area (Å²) in [5.41, 5.74) is 6.29. The van der Waals surface area contributed by atoms with Crippen molar-refractivity contribution in [1.82, 2.24) is 15.5 Å². The summed E-state index contributed by atoms with van der Waals surface area (Å²) < 4.78 is 43.3. The molecule has 1 unspecified atom stereocenters. The van der Waals surface area contributed by atoms with Gasteiger partial charge in [-0.3, -0.25) is 19.8 Å². The van der Waals surface area contributed by atoms with E-state index in [2.05, 4.69) is 10.6 Å². The van der Waals surface area contributed by atoms with E-state index in [0.717, 1.165) is 11.1 Å². The Morgan fingerprint density at radius 1 is 1.12 bits per heavy atom. The molecular weight excluding hydrogens is 585 g/mol. The van der Waals surface area contributed by atoms with Crippen molar-refractivity contribution in [2.24, 2.45) is 5.73 Å². The Balaban J connectivity index is 1.38. The minimum Gasteiger partial charge on any atom is -0.457 e. The van der Waals surface area contributed by atoms with Crippen LogP contribution in [0.25, 0.3) is 0 Å². The molecular formula is C28H30FN5O6S2. The van der Waals surface area contributed by atoms with Gasteiger partial charge in [0.05, 0.1) is 17.8 Å². The molecule has 3 amide bonds. The smallest absolute Gasteiger partial charge is 0.251 e. The number of nitrogens with one attached hydrogen (secondary N) is 3. The molecule has 1 fully saturated rings. The number of likely N-dealkylation sites (tertiary alicyclic amines) is 1. The van der Waals surface area contributed by atoms with Crippen molar-refractivity contribution in [3.05, 3.63) is 81.8 Å². The number of ether oxygens (including phenoxy) is 1. The molecule has 1 aliphatic rings. The number of nitrogens with zero attached hydrogens (tertiary/aromatic N) is 1. The van der Waals surface area contributed by atoms with Crippen LogP contribution in [-0.2, 0) is 19.4 Å². The molecule has 11 nitrogen and oxygen atoms in total. The summed E-state index contributed by atoms with van der Waals surface area (Å²) in [4.78, 5) is 41.0. The van der Waals surface area contributed by atoms with Crippen molar-refractivity contribution in [3.8, 4) is 11.5 Å². The summed E-state index contributed by atoms with van der Waals surface area (Å²) >= 11 is 1.31. The molecule has 3 atom stereocenters. The van der Waals surface area contributed by atoms with Gasteiger partial charge in [0.25, 0.3) is 5.91 Å². The maximum Gasteiger partial charge on any atom is 0.251 e. The van der Waals surface area contributed by atoms with Gasteiger partial charge in [0.2, 0.25) is 11.8 Å². The molecule has 222 valence electrons. The van der Waals surface area contributed by atoms with Crippen LogP contribution in [0.2, 0.25) is 0 Å². The number of halogens is 1. The highest BCUT2D eigenvalue weighted by atomic mass is 32.2. The lowest BCUT2D eigenvalue weighted by Gasteiger charge is -2.25. The molecule has 2 aromatic carbocycles. The maximum atomic E-state index is 13.2. The monoisotopic (exact) mass is 615 g/mol. The third-order valence-electron chi connectivity index (χ3n) is 6.77. The molecule has 1 aromatic heterocycles. The van der Waals surface area contributed by atoms with Crippen LogP contribution in [0.5, 0.6) is 11.5 Å². The molecule has 0 spiro atoms. The Bertz CT molecular complexity index is 1590. The van der Waals surface area contributed by atoms with E-state index in [4.69, 9.17) is 15.9 Å². The Kier molecular flexibility index (Phi) is 9.27. The molecule has 1 saturated heterocycles. The van der Waals surface area contributed by atoms with E-state index in [1.54, 1.807) is 30.5 Å². The predicted molar refractivity (Wildman–Crippen MR) is 156 cm³/mol. The van der Waals surface area contributed by atoms with E-state index >= 15 is 0 Å². The number of carbonyl (C=O) groups excluding carboxylic acids is 3. The van der Waals surface area contributed by atoms with E-state index in [1.165, 1.54) is 52.6 Å². The number of hydrogen-bond donors (Lipinski definition) is 4. The Labute approximate surface area is 246 Å². The number of nitrogen functional groups attached to an aromatic ring is 1. The van der Waals surface area contributed by atoms with Crippen LogP contribution in [0.15, 0.2) is 60.0 Å². The standard InChI is InChI=1S/C28H30FN5O6S2/c1-16(24-11-18(15-41-24)26(30)31)33-28(37)23-12-22(42(2,38)39)14-34(23)25(35)13-32-27(36)17-3-7-20(8-4-17)40-21-9-5-19(29)6-10-21/h3-11,15-16,22-23H,12-14H2,1-2H3,(H3,30,31)(H,32,36)(H,33,37)/t16?,22-,23+/m1/s1. The third-order valence-corrected chi connectivity index (χ3v) is 9.44. The van der Waals surface area contributed by atoms with Crippen molar-refractivity contribution < 1.29 is 31.9 Å². The van der Waals surface area contributed by atoms with Gasteiger partial charge >= 0.3 is 0 Å². The zero-order valence-electron chi connectivity index (χ0n) is 22.8. The van der Waals surface area contributed by atoms with E-state index in [-0.39, 0.29) is 24.4 Å². The van der Waals surface area contributed by atoms with Crippen LogP contribution in [0.4, 0.5) is 4.39 Å². The molecule has 0 aliphatic carbocycles. The van der Waals surface area contributed by atoms with E-state index in [1.807, 2.05) is 0 Å². The van der Waals surface area contributed by atoms with E-state index in [9.17, 15) is 27.2 Å². The molecule has 42 heavy (non-hydrogen) atoms. The minimum atomic E-state index is -3.55. The molecule has 0 radical (unpaired) electrons. The van der Waals surface area contributed by atoms with Gasteiger partial charge in [-0.1, -0.05) is 0 Å². The van der Waals surface area contributed by atoms with Gasteiger partial charge in [0, 0.05) is 34.2 Å². The quantitative estimate of drug-likeness (QED) is 0.200. The van der Waals surface area contributed by atoms with Crippen molar-refractivity contribution in [1.29, 1.82) is 5.41 Å². The summed E-state index contributed by atoms with van der Waals surface area (Å²) in [7, 11) is -3.55. The summed E-state index contributed by atoms with van der Waals surface area (Å²) in [6.45, 7) is 1.11. The van der Waals surface area contributed by atoms with Crippen molar-refractivity contribution in [2.45, 2.75) is 30.7 Å². The number of benzene rings is 2. The summed E-state index contributed by atoms with van der Waals surface area (Å²) in [6.07, 6.45) is 0.985. The van der Waals surface area contributed by atoms with Crippen molar-refractivity contribution >= 4 is 44.7 Å². The number of amidine groups is 1. The average molecular weight is 616 g/mol. The van der Waals surface area contributed by atoms with Crippen molar-refractivity contribution in [3.63, 3.8) is 0 Å². The molecule has 2 heterocycles. The van der Waals surface area contributed by atoms with Gasteiger partial charge in [-0.25, -0.2) is 12.8 Å². The van der Waals surface area contributed by atoms with Gasteiger partial charge in [-0.15, -0.1) is 11.3 Å². The summed E-state index contributed by atoms with van der Waals surface area (Å²) in [5.74, 6) is -1.34. The van der Waals surface area contributed by atoms with Gasteiger partial charge in [-0.05, 0) is 67.9 Å². The lowest BCUT2D eigenvalue weighted by molar-refractivity contribution is -0.137. The molecule has 3 aromatic rings. The highest BCUT2D eigenvalue weighted by molar-refractivity contribution is 7.91. The summed E-state index contributed by atoms with van der Waals surface area (Å²) in [6, 6.07) is 11.7. The molecule has 1 aliphatic heterocycles. The largest absolute Gasteiger partial charge is 0.457 e. The van der Waals surface area contributed by atoms with Gasteiger partial charge in [-0.2, -0.15) is 0 Å². The Morgan fingerprint density at radius 3 is 2.31 bits per heavy atom. The minimum absolute atomic E-state index is 0.0737. The number of amides is 3. The number of hydrogen-bond acceptors (Lipinski definition) is 8. The van der Waals surface area contributed by atoms with Crippen molar-refractivity contribution in [2.75, 3.05) is 19.3 Å². The molecule has 0 saturated carbocycles. The highest BCUT2D eigenvalue weighted by Gasteiger charge is 2.43. The lowest BCUT2D eigenvalue weighted by atomic mass is 10.1. The van der Waals surface area contributed by atoms with Gasteiger partial charge < -0.3 is 26.0 Å². The first-order chi connectivity index (χ1) is 19.8. The Morgan fingerprint density at radius 2 is 1.74 bits per heavy atom. The highest BCUT2D eigenvalue weighted by Crippen LogP contribution is 2.26. The van der Waals surface area contributed by atoms with E-state index < -0.39 is 57.3 Å². The summed E-state index contributed by atoms with van der Waals surface area (Å²) in [5, 5.41) is 13.7. The third kappa shape index (κ3) is 7.50. The SMILES string of the molecule is CC(NC(=O)[C@@H]1C[C@@H](S(C)(=O)=O)CN1C(=O)CNC(=O)c1ccc(Oc2ccc(F)cc2)cc1)c1cc(C(=N)N)cs1. The second kappa shape index (κ2) is 12.7. The number of sulfone groups is 1. The van der Waals surface area contributed by atoms with Crippen LogP contribution in [0.3, 0.4) is 0 Å². The molecule has 0 bridgehead atoms. The predicted octanol–water partition coefficient (Wildman–Crippen LogP) is 2.58. The fourth-order valence-corrected chi connectivity index (χ4v) is 6.29. The fraction of sp³-hybridized carbons (Fsp3) is 0.286. The first-order valence-electron chi connectivity index (χ1n) is 12.8. The average Bonchev–Trinajstić information content (AvgIpc) is 3.62. The second-order valence-corrected chi connectivity index (χ2v) is 13.2. The number of rotatable bonds is 10. The van der Waals surface area contributed by atoms with Crippen LogP contribution < -0.4 is 21.1 Å². The van der Waals surface area contributed by atoms with Crippen LogP contribution in [0.1, 0.15) is 40.2 Å². The van der Waals surface area contributed by atoms with Crippen LogP contribution in [0, 0.1) is 11.2 Å². The number of thiophene rings is 1. The zero-order valence-corrected chi connectivity index (χ0v) is 24.4. The van der Waals surface area contributed by atoms with Crippen LogP contribution in [-0.4, -0.2) is 67.5 Å². The lowest BCUT2D eigenvalue weighted by Crippen LogP contribution is -2.49. The second-order valence-electron chi connectivity index (χ2n) is 9.89. The number of carbonyl (C=O) groups is 3. The van der Waals surface area contributed by atoms with Crippen LogP contribution >= 0.6 is 11.3 Å². The zero-order chi connectivity index (χ0) is 30.6. The topological polar surface area (TPSA) is 172 Å². The Hall–Kier alpha value is -4.30. The number of nitrogens with two attached hydrogens (primary N) is 1. The van der Waals surface area contributed by atoms with E-state index in [0.29, 0.717) is 17.1 Å². The maximum absolute atomic E-state index is 13.2. The molecule has 4 rings (SSSR count). The molecule has 5 N–H and O–H groups in total. The normalized spacial score (nSPS) is 17.4. The first-order valence-corrected chi connectivity index (χ1v) is 15.7.